The monoisotopic (exact) mass is 641 g/mol. The quantitative estimate of drug-likeness (QED) is 0.255. The van der Waals surface area contributed by atoms with E-state index in [0.717, 1.165) is 62.1 Å². The van der Waals surface area contributed by atoms with E-state index < -0.39 is 23.3 Å². The number of pyridine rings is 1. The highest BCUT2D eigenvalue weighted by atomic mass is 19.1. The van der Waals surface area contributed by atoms with Gasteiger partial charge in [0.2, 0.25) is 5.91 Å². The molecule has 0 spiro atoms. The number of carbonyl (C=O) groups is 1. The van der Waals surface area contributed by atoms with Crippen LogP contribution >= 0.6 is 0 Å². The van der Waals surface area contributed by atoms with Crippen molar-refractivity contribution in [2.24, 2.45) is 5.73 Å². The molecule has 3 N–H and O–H groups in total. The fraction of sp³-hybridized carbons (Fsp3) is 0.364. The van der Waals surface area contributed by atoms with Crippen LogP contribution in [0.25, 0.3) is 22.6 Å². The van der Waals surface area contributed by atoms with Gasteiger partial charge in [-0.2, -0.15) is 0 Å². The summed E-state index contributed by atoms with van der Waals surface area (Å²) >= 11 is 0. The summed E-state index contributed by atoms with van der Waals surface area (Å²) < 4.78 is 40.2. The molecule has 1 amide bonds. The zero-order valence-electron chi connectivity index (χ0n) is 25.6. The van der Waals surface area contributed by atoms with E-state index >= 15 is 4.39 Å². The number of benzene rings is 2. The number of likely N-dealkylation sites (tertiary alicyclic amines) is 1. The minimum Gasteiger partial charge on any atom is -0.444 e. The molecule has 6 heterocycles. The number of ether oxygens (including phenoxy) is 3. The molecule has 2 unspecified atom stereocenters. The van der Waals surface area contributed by atoms with E-state index in [4.69, 9.17) is 24.9 Å². The minimum atomic E-state index is -1.39. The minimum absolute atomic E-state index is 0.0786. The van der Waals surface area contributed by atoms with Crippen LogP contribution in [0.15, 0.2) is 58.0 Å². The SMILES string of the molecule is CC1(c2ccc(C(N)=O)cc2F)Oc2cccc(C3CCN(Cc4nc5cc(-c6noc(=O)[nH]6)cnc5n4CC4CCO4)CC3)c2O1. The molecule has 14 heteroatoms. The number of hydrogen-bond donors (Lipinski definition) is 2. The van der Waals surface area contributed by atoms with Crippen molar-refractivity contribution in [2.45, 2.75) is 57.1 Å². The van der Waals surface area contributed by atoms with Gasteiger partial charge in [0.15, 0.2) is 23.0 Å². The van der Waals surface area contributed by atoms with Gasteiger partial charge in [-0.3, -0.25) is 19.2 Å². The number of rotatable bonds is 8. The number of amides is 1. The lowest BCUT2D eigenvalue weighted by atomic mass is 9.88. The Morgan fingerprint density at radius 2 is 1.98 bits per heavy atom. The summed E-state index contributed by atoms with van der Waals surface area (Å²) in [6, 6.07) is 11.7. The number of primary amides is 1. The maximum atomic E-state index is 15.1. The van der Waals surface area contributed by atoms with Crippen LogP contribution in [0, 0.1) is 5.82 Å². The molecule has 0 saturated carbocycles. The first kappa shape index (κ1) is 29.3. The third-order valence-corrected chi connectivity index (χ3v) is 9.30. The number of nitrogens with two attached hydrogens (primary N) is 1. The number of carbonyl (C=O) groups excluding carboxylic acids is 1. The van der Waals surface area contributed by atoms with E-state index in [9.17, 15) is 9.59 Å². The largest absolute Gasteiger partial charge is 0.444 e. The van der Waals surface area contributed by atoms with Gasteiger partial charge in [0, 0.05) is 36.4 Å². The van der Waals surface area contributed by atoms with Gasteiger partial charge >= 0.3 is 5.76 Å². The maximum absolute atomic E-state index is 15.1. The zero-order valence-corrected chi connectivity index (χ0v) is 25.6. The Labute approximate surface area is 267 Å². The van der Waals surface area contributed by atoms with E-state index in [0.29, 0.717) is 41.5 Å². The zero-order chi connectivity index (χ0) is 32.3. The number of hydrogen-bond acceptors (Lipinski definition) is 10. The molecule has 0 aliphatic carbocycles. The lowest BCUT2D eigenvalue weighted by Gasteiger charge is -2.33. The summed E-state index contributed by atoms with van der Waals surface area (Å²) in [7, 11) is 0. The number of nitrogens with one attached hydrogen (secondary N) is 1. The molecule has 0 bridgehead atoms. The molecule has 2 saturated heterocycles. The number of halogens is 1. The molecular weight excluding hydrogens is 609 g/mol. The number of imidazole rings is 1. The van der Waals surface area contributed by atoms with Crippen molar-refractivity contribution in [1.29, 1.82) is 0 Å². The Kier molecular flexibility index (Phi) is 7.06. The van der Waals surface area contributed by atoms with Gasteiger partial charge in [-0.15, -0.1) is 0 Å². The second-order valence-electron chi connectivity index (χ2n) is 12.4. The van der Waals surface area contributed by atoms with Crippen LogP contribution in [0.3, 0.4) is 0 Å². The van der Waals surface area contributed by atoms with Crippen LogP contribution < -0.4 is 21.0 Å². The molecule has 8 rings (SSSR count). The van der Waals surface area contributed by atoms with E-state index in [-0.39, 0.29) is 23.1 Å². The highest BCUT2D eigenvalue weighted by Crippen LogP contribution is 2.49. The fourth-order valence-corrected chi connectivity index (χ4v) is 6.70. The van der Waals surface area contributed by atoms with Crippen molar-refractivity contribution in [3.8, 4) is 22.9 Å². The topological polar surface area (TPSA) is 164 Å². The summed E-state index contributed by atoms with van der Waals surface area (Å²) in [5.74, 6) is -0.768. The van der Waals surface area contributed by atoms with Crippen LogP contribution in [0.4, 0.5) is 4.39 Å². The van der Waals surface area contributed by atoms with Crippen molar-refractivity contribution in [2.75, 3.05) is 19.7 Å². The first-order valence-electron chi connectivity index (χ1n) is 15.6. The molecule has 242 valence electrons. The van der Waals surface area contributed by atoms with E-state index in [1.807, 2.05) is 24.3 Å². The van der Waals surface area contributed by atoms with Crippen molar-refractivity contribution in [3.05, 3.63) is 87.5 Å². The molecule has 2 aromatic carbocycles. The number of aromatic amines is 1. The second-order valence-corrected chi connectivity index (χ2v) is 12.4. The summed E-state index contributed by atoms with van der Waals surface area (Å²) in [6.07, 6.45) is 4.52. The molecule has 2 atom stereocenters. The number of piperidine rings is 1. The molecule has 5 aromatic rings. The molecule has 3 aliphatic rings. The fourth-order valence-electron chi connectivity index (χ4n) is 6.70. The number of fused-ring (bicyclic) bond motifs is 2. The van der Waals surface area contributed by atoms with Gasteiger partial charge in [0.05, 0.1) is 24.8 Å². The van der Waals surface area contributed by atoms with E-state index in [2.05, 4.69) is 29.1 Å². The summed E-state index contributed by atoms with van der Waals surface area (Å²) in [4.78, 5) is 37.6. The van der Waals surface area contributed by atoms with Gasteiger partial charge in [-0.25, -0.2) is 19.2 Å². The van der Waals surface area contributed by atoms with Gasteiger partial charge in [-0.05, 0) is 68.6 Å². The van der Waals surface area contributed by atoms with Crippen LogP contribution in [0.2, 0.25) is 0 Å². The smallest absolute Gasteiger partial charge is 0.439 e. The predicted molar refractivity (Wildman–Crippen MR) is 165 cm³/mol. The lowest BCUT2D eigenvalue weighted by molar-refractivity contribution is -0.0712. The summed E-state index contributed by atoms with van der Waals surface area (Å²) in [5.41, 5.74) is 8.68. The van der Waals surface area contributed by atoms with Crippen LogP contribution in [-0.4, -0.2) is 61.3 Å². The van der Waals surface area contributed by atoms with Gasteiger partial charge in [0.25, 0.3) is 5.79 Å². The van der Waals surface area contributed by atoms with Crippen molar-refractivity contribution in [1.82, 2.24) is 29.6 Å². The number of aromatic nitrogens is 5. The Bertz CT molecular complexity index is 2060. The highest BCUT2D eigenvalue weighted by Gasteiger charge is 2.43. The molecular formula is C33H32FN7O6. The Morgan fingerprint density at radius 1 is 1.15 bits per heavy atom. The highest BCUT2D eigenvalue weighted by molar-refractivity contribution is 5.92. The Morgan fingerprint density at radius 3 is 2.68 bits per heavy atom. The first-order valence-corrected chi connectivity index (χ1v) is 15.6. The number of para-hydroxylation sites is 1. The van der Waals surface area contributed by atoms with Crippen LogP contribution in [0.5, 0.6) is 11.5 Å². The van der Waals surface area contributed by atoms with E-state index in [1.165, 1.54) is 12.1 Å². The van der Waals surface area contributed by atoms with Gasteiger partial charge < -0.3 is 24.5 Å². The third kappa shape index (κ3) is 5.32. The van der Waals surface area contributed by atoms with Crippen molar-refractivity contribution in [3.63, 3.8) is 0 Å². The molecule has 3 aliphatic heterocycles. The Balaban J connectivity index is 0.994. The normalized spacial score (nSPS) is 21.3. The van der Waals surface area contributed by atoms with Gasteiger partial charge in [-0.1, -0.05) is 17.3 Å². The molecule has 47 heavy (non-hydrogen) atoms. The summed E-state index contributed by atoms with van der Waals surface area (Å²) in [6.45, 7) is 5.39. The molecule has 2 fully saturated rings. The average Bonchev–Trinajstić information content (AvgIpc) is 3.73. The molecule has 3 aromatic heterocycles. The lowest BCUT2D eigenvalue weighted by Crippen LogP contribution is -2.35. The van der Waals surface area contributed by atoms with Crippen molar-refractivity contribution >= 4 is 17.1 Å². The van der Waals surface area contributed by atoms with Crippen molar-refractivity contribution < 1.29 is 27.9 Å². The Hall–Kier alpha value is -5.08. The number of H-pyrrole nitrogens is 1. The summed E-state index contributed by atoms with van der Waals surface area (Å²) in [5, 5.41) is 3.78. The maximum Gasteiger partial charge on any atom is 0.439 e. The predicted octanol–water partition coefficient (Wildman–Crippen LogP) is 3.83. The van der Waals surface area contributed by atoms with E-state index in [1.54, 1.807) is 13.1 Å². The average molecular weight is 642 g/mol. The van der Waals surface area contributed by atoms with Crippen LogP contribution in [-0.2, 0) is 23.6 Å². The second kappa shape index (κ2) is 11.3. The molecule has 13 nitrogen and oxygen atoms in total. The van der Waals surface area contributed by atoms with Gasteiger partial charge in [0.1, 0.15) is 17.2 Å². The first-order chi connectivity index (χ1) is 22.7. The molecule has 0 radical (unpaired) electrons. The standard InChI is InChI=1S/C33H32FN7O6/c1-33(23-6-5-19(29(35)42)13-24(23)34)45-26-4-2-3-22(28(26)46-33)18-7-10-40(11-8-18)17-27-37-25-14-20(30-38-32(43)47-39-30)15-36-31(25)41(27)16-21-9-12-44-21/h2-6,13-15,18,21H,7-12,16-17H2,1H3,(H2,35,42)(H,38,39,43). The van der Waals surface area contributed by atoms with Crippen LogP contribution in [0.1, 0.15) is 59.4 Å². The number of nitrogens with zero attached hydrogens (tertiary/aromatic N) is 5. The third-order valence-electron chi connectivity index (χ3n) is 9.30.